The quantitative estimate of drug-likeness (QED) is 0.280. The van der Waals surface area contributed by atoms with Crippen LogP contribution in [0.2, 0.25) is 0 Å². The molecule has 1 aromatic heterocycles. The van der Waals surface area contributed by atoms with Crippen LogP contribution in [-0.4, -0.2) is 29.7 Å². The maximum Gasteiger partial charge on any atom is 0.204 e. The Balaban J connectivity index is 2.20. The highest BCUT2D eigenvalue weighted by Crippen LogP contribution is 2.27. The first-order valence-electron chi connectivity index (χ1n) is 5.23. The van der Waals surface area contributed by atoms with Crippen LogP contribution in [0.4, 0.5) is 0 Å². The normalized spacial score (nSPS) is 11.1. The minimum absolute atomic E-state index is 0.507. The Labute approximate surface area is 123 Å². The van der Waals surface area contributed by atoms with E-state index >= 15 is 0 Å². The molecule has 0 aliphatic heterocycles. The predicted octanol–water partition coefficient (Wildman–Crippen LogP) is 2.09. The molecule has 2 N–H and O–H groups in total. The first-order valence-corrected chi connectivity index (χ1v) is 7.95. The molecule has 0 aliphatic carbocycles. The number of nitrogens with zero attached hydrogens (tertiary/aromatic N) is 3. The number of aromatic nitrogens is 1. The Kier molecular flexibility index (Phi) is 7.08. The van der Waals surface area contributed by atoms with Crippen molar-refractivity contribution in [2.45, 2.75) is 12.7 Å². The number of hydrogen-bond donors (Lipinski definition) is 2. The van der Waals surface area contributed by atoms with Crippen LogP contribution >= 0.6 is 39.2 Å². The van der Waals surface area contributed by atoms with Gasteiger partial charge < -0.3 is 5.32 Å². The van der Waals surface area contributed by atoms with Crippen molar-refractivity contribution in [1.29, 1.82) is 5.26 Å². The van der Waals surface area contributed by atoms with E-state index in [-0.39, 0.29) is 0 Å². The van der Waals surface area contributed by atoms with E-state index in [1.807, 2.05) is 24.9 Å². The van der Waals surface area contributed by atoms with Gasteiger partial charge in [-0.3, -0.25) is 10.3 Å². The highest BCUT2D eigenvalue weighted by Gasteiger charge is 2.07. The molecule has 0 amide bonds. The lowest BCUT2D eigenvalue weighted by molar-refractivity contribution is 0.931. The van der Waals surface area contributed by atoms with Gasteiger partial charge in [0.2, 0.25) is 5.96 Å². The fourth-order valence-electron chi connectivity index (χ4n) is 1.13. The van der Waals surface area contributed by atoms with Crippen molar-refractivity contribution >= 4 is 45.2 Å². The average molecular weight is 348 g/mol. The number of aliphatic imine (C=N–C) groups is 1. The molecule has 0 bridgehead atoms. The van der Waals surface area contributed by atoms with Crippen molar-refractivity contribution in [3.05, 3.63) is 15.0 Å². The van der Waals surface area contributed by atoms with Gasteiger partial charge in [0.15, 0.2) is 6.19 Å². The van der Waals surface area contributed by atoms with E-state index in [0.717, 1.165) is 28.2 Å². The second-order valence-electron chi connectivity index (χ2n) is 3.29. The number of thioether (sulfide) groups is 1. The van der Waals surface area contributed by atoms with E-state index in [4.69, 9.17) is 5.26 Å². The van der Waals surface area contributed by atoms with E-state index in [1.54, 1.807) is 7.05 Å². The van der Waals surface area contributed by atoms with Gasteiger partial charge >= 0.3 is 0 Å². The SMILES string of the molecule is C/N=C(\NC#N)NCCSCc1snc(C)c1Br. The molecule has 0 saturated heterocycles. The Morgan fingerprint density at radius 2 is 2.44 bits per heavy atom. The molecule has 1 heterocycles. The Morgan fingerprint density at radius 3 is 3.00 bits per heavy atom. The zero-order valence-electron chi connectivity index (χ0n) is 10.2. The molecule has 0 fully saturated rings. The summed E-state index contributed by atoms with van der Waals surface area (Å²) in [6.45, 7) is 2.76. The van der Waals surface area contributed by atoms with E-state index < -0.39 is 0 Å². The van der Waals surface area contributed by atoms with Gasteiger partial charge in [-0.15, -0.1) is 0 Å². The van der Waals surface area contributed by atoms with Crippen molar-refractivity contribution in [3.63, 3.8) is 0 Å². The summed E-state index contributed by atoms with van der Waals surface area (Å²) in [6.07, 6.45) is 1.83. The molecule has 0 spiro atoms. The van der Waals surface area contributed by atoms with Gasteiger partial charge in [0.05, 0.1) is 10.2 Å². The minimum Gasteiger partial charge on any atom is -0.355 e. The smallest absolute Gasteiger partial charge is 0.204 e. The second-order valence-corrected chi connectivity index (χ2v) is 6.05. The Bertz CT molecular complexity index is 452. The molecular weight excluding hydrogens is 334 g/mol. The first-order chi connectivity index (χ1) is 8.69. The number of rotatable bonds is 5. The molecular formula is C10H14BrN5S2. The van der Waals surface area contributed by atoms with Crippen LogP contribution < -0.4 is 10.6 Å². The molecule has 0 aliphatic rings. The van der Waals surface area contributed by atoms with Gasteiger partial charge in [-0.25, -0.2) is 0 Å². The fourth-order valence-corrected chi connectivity index (χ4v) is 3.63. The number of guanidine groups is 1. The third kappa shape index (κ3) is 4.84. The summed E-state index contributed by atoms with van der Waals surface area (Å²) in [5.41, 5.74) is 1.05. The van der Waals surface area contributed by atoms with Crippen LogP contribution in [0.3, 0.4) is 0 Å². The van der Waals surface area contributed by atoms with Crippen LogP contribution in [-0.2, 0) is 5.75 Å². The highest BCUT2D eigenvalue weighted by atomic mass is 79.9. The van der Waals surface area contributed by atoms with Crippen LogP contribution in [0.1, 0.15) is 10.6 Å². The summed E-state index contributed by atoms with van der Waals surface area (Å²) >= 11 is 6.88. The zero-order chi connectivity index (χ0) is 13.4. The largest absolute Gasteiger partial charge is 0.355 e. The van der Waals surface area contributed by atoms with Crippen molar-refractivity contribution in [2.75, 3.05) is 19.3 Å². The second kappa shape index (κ2) is 8.34. The molecule has 5 nitrogen and oxygen atoms in total. The molecule has 0 aromatic carbocycles. The van der Waals surface area contributed by atoms with Gasteiger partial charge in [0.1, 0.15) is 0 Å². The van der Waals surface area contributed by atoms with E-state index in [9.17, 15) is 0 Å². The minimum atomic E-state index is 0.507. The van der Waals surface area contributed by atoms with Gasteiger partial charge in [-0.1, -0.05) is 0 Å². The molecule has 1 rings (SSSR count). The standard InChI is InChI=1S/C10H14BrN5S2/c1-7-9(11)8(18-16-7)5-17-4-3-14-10(13-2)15-6-12/h3-5H2,1-2H3,(H2,13,14,15). The average Bonchev–Trinajstić information content (AvgIpc) is 2.69. The van der Waals surface area contributed by atoms with Crippen LogP contribution in [0, 0.1) is 18.4 Å². The summed E-state index contributed by atoms with van der Waals surface area (Å²) in [6, 6.07) is 0. The maximum absolute atomic E-state index is 8.45. The molecule has 0 atom stereocenters. The van der Waals surface area contributed by atoms with Crippen molar-refractivity contribution in [1.82, 2.24) is 15.0 Å². The summed E-state index contributed by atoms with van der Waals surface area (Å²) in [7, 11) is 1.64. The lowest BCUT2D eigenvalue weighted by atomic mass is 10.4. The number of halogens is 1. The van der Waals surface area contributed by atoms with Gasteiger partial charge in [-0.2, -0.15) is 21.4 Å². The monoisotopic (exact) mass is 347 g/mol. The van der Waals surface area contributed by atoms with E-state index in [1.165, 1.54) is 16.4 Å². The summed E-state index contributed by atoms with van der Waals surface area (Å²) < 4.78 is 5.40. The highest BCUT2D eigenvalue weighted by molar-refractivity contribution is 9.10. The van der Waals surface area contributed by atoms with E-state index in [2.05, 4.69) is 35.9 Å². The van der Waals surface area contributed by atoms with Crippen molar-refractivity contribution in [2.24, 2.45) is 4.99 Å². The predicted molar refractivity (Wildman–Crippen MR) is 80.8 cm³/mol. The van der Waals surface area contributed by atoms with E-state index in [0.29, 0.717) is 5.96 Å². The molecule has 1 aromatic rings. The van der Waals surface area contributed by atoms with Gasteiger partial charge in [0, 0.05) is 30.0 Å². The fraction of sp³-hybridized carbons (Fsp3) is 0.500. The molecule has 98 valence electrons. The Hall–Kier alpha value is -0.780. The van der Waals surface area contributed by atoms with Gasteiger partial charge in [0.25, 0.3) is 0 Å². The first kappa shape index (κ1) is 15.3. The van der Waals surface area contributed by atoms with Crippen molar-refractivity contribution in [3.8, 4) is 6.19 Å². The summed E-state index contributed by atoms with van der Waals surface area (Å²) in [5.74, 6) is 2.39. The molecule has 0 unspecified atom stereocenters. The lowest BCUT2D eigenvalue weighted by Crippen LogP contribution is -2.35. The number of nitrogens with one attached hydrogen (secondary N) is 2. The third-order valence-corrected chi connectivity index (χ3v) is 5.44. The zero-order valence-corrected chi connectivity index (χ0v) is 13.4. The summed E-state index contributed by atoms with van der Waals surface area (Å²) in [4.78, 5) is 5.16. The molecule has 18 heavy (non-hydrogen) atoms. The number of aryl methyl sites for hydroxylation is 1. The number of hydrogen-bond acceptors (Lipinski definition) is 5. The van der Waals surface area contributed by atoms with Gasteiger partial charge in [-0.05, 0) is 34.4 Å². The Morgan fingerprint density at radius 1 is 1.67 bits per heavy atom. The third-order valence-electron chi connectivity index (χ3n) is 2.03. The molecule has 0 radical (unpaired) electrons. The van der Waals surface area contributed by atoms with Crippen LogP contribution in [0.15, 0.2) is 9.47 Å². The van der Waals surface area contributed by atoms with Crippen LogP contribution in [0.5, 0.6) is 0 Å². The molecule has 0 saturated carbocycles. The van der Waals surface area contributed by atoms with Crippen molar-refractivity contribution < 1.29 is 0 Å². The topological polar surface area (TPSA) is 73.1 Å². The summed E-state index contributed by atoms with van der Waals surface area (Å²) in [5, 5.41) is 14.0. The number of nitriles is 1. The molecule has 8 heteroatoms. The van der Waals surface area contributed by atoms with Crippen LogP contribution in [0.25, 0.3) is 0 Å². The lowest BCUT2D eigenvalue weighted by Gasteiger charge is -2.06. The maximum atomic E-state index is 8.45.